The van der Waals surface area contributed by atoms with E-state index in [4.69, 9.17) is 16.7 Å². The van der Waals surface area contributed by atoms with Crippen molar-refractivity contribution in [2.75, 3.05) is 0 Å². The summed E-state index contributed by atoms with van der Waals surface area (Å²) in [5.74, 6) is -0.855. The molecule has 0 spiro atoms. The zero-order chi connectivity index (χ0) is 10.6. The molecule has 1 rings (SSSR count). The van der Waals surface area contributed by atoms with E-state index in [2.05, 4.69) is 5.32 Å². The van der Waals surface area contributed by atoms with Gasteiger partial charge in [0.1, 0.15) is 6.04 Å². The van der Waals surface area contributed by atoms with E-state index in [1.807, 2.05) is 18.2 Å². The van der Waals surface area contributed by atoms with Crippen LogP contribution in [0.25, 0.3) is 0 Å². The molecule has 0 radical (unpaired) electrons. The zero-order valence-corrected chi connectivity index (χ0v) is 8.58. The Hall–Kier alpha value is -1.06. The topological polar surface area (TPSA) is 49.3 Å². The number of carboxylic acids is 1. The van der Waals surface area contributed by atoms with Crippen molar-refractivity contribution in [2.45, 2.75) is 19.5 Å². The fourth-order valence-electron chi connectivity index (χ4n) is 1.01. The van der Waals surface area contributed by atoms with E-state index < -0.39 is 12.0 Å². The fraction of sp³-hybridized carbons (Fsp3) is 0.300. The molecular weight excluding hydrogens is 202 g/mol. The van der Waals surface area contributed by atoms with E-state index in [0.29, 0.717) is 11.6 Å². The number of aliphatic carboxylic acids is 1. The van der Waals surface area contributed by atoms with Crippen LogP contribution in [0.4, 0.5) is 0 Å². The van der Waals surface area contributed by atoms with Crippen LogP contribution in [-0.4, -0.2) is 17.1 Å². The van der Waals surface area contributed by atoms with E-state index in [-0.39, 0.29) is 0 Å². The second kappa shape index (κ2) is 4.98. The quantitative estimate of drug-likeness (QED) is 0.803. The maximum absolute atomic E-state index is 10.5. The number of halogens is 1. The average Bonchev–Trinajstić information content (AvgIpc) is 2.14. The smallest absolute Gasteiger partial charge is 0.320 e. The molecule has 0 saturated carbocycles. The molecule has 1 aromatic rings. The van der Waals surface area contributed by atoms with Gasteiger partial charge in [0.05, 0.1) is 0 Å². The van der Waals surface area contributed by atoms with E-state index in [9.17, 15) is 4.79 Å². The molecule has 0 heterocycles. The van der Waals surface area contributed by atoms with Crippen molar-refractivity contribution in [3.63, 3.8) is 0 Å². The van der Waals surface area contributed by atoms with Gasteiger partial charge in [-0.15, -0.1) is 0 Å². The number of benzene rings is 1. The molecule has 4 heteroatoms. The Labute approximate surface area is 87.7 Å². The third-order valence-electron chi connectivity index (χ3n) is 1.87. The molecule has 76 valence electrons. The Kier molecular flexibility index (Phi) is 3.92. The molecule has 0 amide bonds. The van der Waals surface area contributed by atoms with Gasteiger partial charge >= 0.3 is 5.97 Å². The maximum atomic E-state index is 10.5. The summed E-state index contributed by atoms with van der Waals surface area (Å²) in [5, 5.41) is 12.2. The van der Waals surface area contributed by atoms with Crippen LogP contribution in [-0.2, 0) is 11.3 Å². The summed E-state index contributed by atoms with van der Waals surface area (Å²) in [6, 6.07) is 6.78. The highest BCUT2D eigenvalue weighted by molar-refractivity contribution is 6.30. The predicted molar refractivity (Wildman–Crippen MR) is 55.4 cm³/mol. The minimum atomic E-state index is -0.855. The van der Waals surface area contributed by atoms with Gasteiger partial charge in [-0.2, -0.15) is 0 Å². The molecule has 0 aliphatic heterocycles. The molecule has 3 nitrogen and oxygen atoms in total. The Bertz CT molecular complexity index is 328. The lowest BCUT2D eigenvalue weighted by atomic mass is 10.2. The molecular formula is C10H12ClNO2. The number of rotatable bonds is 4. The van der Waals surface area contributed by atoms with Gasteiger partial charge in [0.15, 0.2) is 0 Å². The summed E-state index contributed by atoms with van der Waals surface area (Å²) < 4.78 is 0. The standard InChI is InChI=1S/C10H12ClNO2/c1-7(10(13)14)12-6-8-3-2-4-9(11)5-8/h2-5,7,12H,6H2,1H3,(H,13,14)/t7-/m0/s1. The molecule has 1 aromatic carbocycles. The largest absolute Gasteiger partial charge is 0.480 e. The van der Waals surface area contributed by atoms with Crippen molar-refractivity contribution in [2.24, 2.45) is 0 Å². The molecule has 0 bridgehead atoms. The molecule has 1 atom stereocenters. The van der Waals surface area contributed by atoms with Crippen LogP contribution < -0.4 is 5.32 Å². The second-order valence-electron chi connectivity index (χ2n) is 3.07. The average molecular weight is 214 g/mol. The van der Waals surface area contributed by atoms with Crippen molar-refractivity contribution in [3.8, 4) is 0 Å². The highest BCUT2D eigenvalue weighted by Gasteiger charge is 2.08. The maximum Gasteiger partial charge on any atom is 0.320 e. The Morgan fingerprint density at radius 3 is 2.93 bits per heavy atom. The van der Waals surface area contributed by atoms with Crippen molar-refractivity contribution >= 4 is 17.6 Å². The molecule has 0 fully saturated rings. The third kappa shape index (κ3) is 3.36. The van der Waals surface area contributed by atoms with Crippen LogP contribution in [0.2, 0.25) is 5.02 Å². The Balaban J connectivity index is 2.49. The molecule has 0 unspecified atom stereocenters. The van der Waals surface area contributed by atoms with Crippen molar-refractivity contribution in [1.82, 2.24) is 5.32 Å². The van der Waals surface area contributed by atoms with E-state index >= 15 is 0 Å². The number of nitrogens with one attached hydrogen (secondary N) is 1. The summed E-state index contributed by atoms with van der Waals surface area (Å²) in [6.07, 6.45) is 0. The normalized spacial score (nSPS) is 12.4. The first-order valence-corrected chi connectivity index (χ1v) is 4.68. The summed E-state index contributed by atoms with van der Waals surface area (Å²) in [5.41, 5.74) is 0.977. The summed E-state index contributed by atoms with van der Waals surface area (Å²) in [6.45, 7) is 2.11. The minimum absolute atomic E-state index is 0.508. The molecule has 14 heavy (non-hydrogen) atoms. The summed E-state index contributed by atoms with van der Waals surface area (Å²) in [4.78, 5) is 10.5. The predicted octanol–water partition coefficient (Wildman–Crippen LogP) is 1.90. The zero-order valence-electron chi connectivity index (χ0n) is 7.83. The second-order valence-corrected chi connectivity index (χ2v) is 3.51. The summed E-state index contributed by atoms with van der Waals surface area (Å²) in [7, 11) is 0. The number of carbonyl (C=O) groups is 1. The van der Waals surface area contributed by atoms with Crippen molar-refractivity contribution < 1.29 is 9.90 Å². The Morgan fingerprint density at radius 2 is 2.36 bits per heavy atom. The van der Waals surface area contributed by atoms with Crippen LogP contribution >= 0.6 is 11.6 Å². The van der Waals surface area contributed by atoms with Gasteiger partial charge in [0.2, 0.25) is 0 Å². The fourth-order valence-corrected chi connectivity index (χ4v) is 1.22. The highest BCUT2D eigenvalue weighted by Crippen LogP contribution is 2.10. The molecule has 0 aliphatic rings. The van der Waals surface area contributed by atoms with Gasteiger partial charge in [-0.3, -0.25) is 4.79 Å². The van der Waals surface area contributed by atoms with Crippen molar-refractivity contribution in [3.05, 3.63) is 34.9 Å². The van der Waals surface area contributed by atoms with Gasteiger partial charge in [-0.1, -0.05) is 23.7 Å². The summed E-state index contributed by atoms with van der Waals surface area (Å²) >= 11 is 5.78. The monoisotopic (exact) mass is 213 g/mol. The SMILES string of the molecule is C[C@H](NCc1cccc(Cl)c1)C(=O)O. The molecule has 0 aliphatic carbocycles. The first kappa shape index (κ1) is 11.0. The van der Waals surface area contributed by atoms with Gasteiger partial charge in [0, 0.05) is 11.6 Å². The van der Waals surface area contributed by atoms with Gasteiger partial charge < -0.3 is 10.4 Å². The van der Waals surface area contributed by atoms with Crippen molar-refractivity contribution in [1.29, 1.82) is 0 Å². The lowest BCUT2D eigenvalue weighted by molar-refractivity contribution is -0.139. The number of hydrogen-bond donors (Lipinski definition) is 2. The van der Waals surface area contributed by atoms with E-state index in [1.54, 1.807) is 13.0 Å². The van der Waals surface area contributed by atoms with Gasteiger partial charge in [0.25, 0.3) is 0 Å². The van der Waals surface area contributed by atoms with Crippen LogP contribution in [0.3, 0.4) is 0 Å². The first-order valence-electron chi connectivity index (χ1n) is 4.30. The third-order valence-corrected chi connectivity index (χ3v) is 2.11. The van der Waals surface area contributed by atoms with Gasteiger partial charge in [-0.25, -0.2) is 0 Å². The van der Waals surface area contributed by atoms with Crippen LogP contribution in [0.15, 0.2) is 24.3 Å². The van der Waals surface area contributed by atoms with E-state index in [0.717, 1.165) is 5.56 Å². The van der Waals surface area contributed by atoms with Crippen LogP contribution in [0, 0.1) is 0 Å². The number of carboxylic acid groups (broad SMARTS) is 1. The van der Waals surface area contributed by atoms with Gasteiger partial charge in [-0.05, 0) is 24.6 Å². The lowest BCUT2D eigenvalue weighted by Gasteiger charge is -2.08. The van der Waals surface area contributed by atoms with E-state index in [1.165, 1.54) is 0 Å². The first-order chi connectivity index (χ1) is 6.59. The minimum Gasteiger partial charge on any atom is -0.480 e. The van der Waals surface area contributed by atoms with Crippen LogP contribution in [0.1, 0.15) is 12.5 Å². The molecule has 0 aromatic heterocycles. The number of hydrogen-bond acceptors (Lipinski definition) is 2. The lowest BCUT2D eigenvalue weighted by Crippen LogP contribution is -2.33. The Morgan fingerprint density at radius 1 is 1.64 bits per heavy atom. The van der Waals surface area contributed by atoms with Crippen LogP contribution in [0.5, 0.6) is 0 Å². The molecule has 0 saturated heterocycles. The molecule has 2 N–H and O–H groups in total. The highest BCUT2D eigenvalue weighted by atomic mass is 35.5.